The summed E-state index contributed by atoms with van der Waals surface area (Å²) >= 11 is 1.35. The van der Waals surface area contributed by atoms with Crippen LogP contribution in [0.3, 0.4) is 0 Å². The summed E-state index contributed by atoms with van der Waals surface area (Å²) in [4.78, 5) is 33.4. The van der Waals surface area contributed by atoms with Crippen molar-refractivity contribution in [3.05, 3.63) is 99.3 Å². The number of halogens is 3. The minimum atomic E-state index is -1.17. The standard InChI is InChI=1S/C24H14F3N5O3S/c1-12-8-20(33)32(14-3-4-15(25)16(26)10-14)31-21(12)23(34)30-13-2-5-19(17(27)9-13)35-24-22-18(6-7-36-22)28-11-29-24/h2-11H,1H3,(H,30,34). The van der Waals surface area contributed by atoms with Gasteiger partial charge in [-0.15, -0.1) is 11.3 Å². The van der Waals surface area contributed by atoms with E-state index in [1.54, 1.807) is 6.07 Å². The number of rotatable bonds is 5. The smallest absolute Gasteiger partial charge is 0.276 e. The molecule has 5 rings (SSSR count). The Morgan fingerprint density at radius 1 is 1.00 bits per heavy atom. The number of benzene rings is 2. The van der Waals surface area contributed by atoms with Crippen molar-refractivity contribution in [2.24, 2.45) is 0 Å². The quantitative estimate of drug-likeness (QED) is 0.358. The lowest BCUT2D eigenvalue weighted by atomic mass is 10.2. The number of aromatic nitrogens is 4. The maximum absolute atomic E-state index is 14.8. The second kappa shape index (κ2) is 9.23. The number of fused-ring (bicyclic) bond motifs is 1. The fourth-order valence-electron chi connectivity index (χ4n) is 3.36. The van der Waals surface area contributed by atoms with Gasteiger partial charge in [0.25, 0.3) is 11.5 Å². The first kappa shape index (κ1) is 23.2. The van der Waals surface area contributed by atoms with Gasteiger partial charge in [-0.2, -0.15) is 9.78 Å². The average Bonchev–Trinajstić information content (AvgIpc) is 3.33. The van der Waals surface area contributed by atoms with E-state index in [4.69, 9.17) is 4.74 Å². The Bertz CT molecular complexity index is 1700. The fraction of sp³-hybridized carbons (Fsp3) is 0.0417. The van der Waals surface area contributed by atoms with Crippen LogP contribution in [-0.2, 0) is 0 Å². The highest BCUT2D eigenvalue weighted by Gasteiger charge is 2.17. The van der Waals surface area contributed by atoms with Crippen LogP contribution >= 0.6 is 11.3 Å². The molecule has 1 amide bonds. The molecular weight excluding hydrogens is 495 g/mol. The zero-order valence-corrected chi connectivity index (χ0v) is 19.1. The lowest BCUT2D eigenvalue weighted by Crippen LogP contribution is -2.26. The van der Waals surface area contributed by atoms with E-state index in [0.29, 0.717) is 10.2 Å². The molecule has 3 aromatic heterocycles. The van der Waals surface area contributed by atoms with Crippen molar-refractivity contribution >= 4 is 33.1 Å². The Kier molecular flexibility index (Phi) is 5.94. The lowest BCUT2D eigenvalue weighted by molar-refractivity contribution is 0.102. The van der Waals surface area contributed by atoms with Gasteiger partial charge < -0.3 is 10.1 Å². The van der Waals surface area contributed by atoms with Gasteiger partial charge in [0.05, 0.1) is 11.2 Å². The molecule has 0 aliphatic heterocycles. The van der Waals surface area contributed by atoms with Gasteiger partial charge in [-0.05, 0) is 48.2 Å². The molecule has 0 aliphatic rings. The Balaban J connectivity index is 1.39. The Morgan fingerprint density at radius 2 is 1.83 bits per heavy atom. The molecule has 0 fully saturated rings. The van der Waals surface area contributed by atoms with E-state index in [1.807, 2.05) is 5.38 Å². The van der Waals surface area contributed by atoms with Crippen molar-refractivity contribution in [1.82, 2.24) is 19.7 Å². The second-order valence-electron chi connectivity index (χ2n) is 7.54. The third-order valence-corrected chi connectivity index (χ3v) is 5.98. The molecule has 0 saturated heterocycles. The molecule has 12 heteroatoms. The summed E-state index contributed by atoms with van der Waals surface area (Å²) in [5.41, 5.74) is 0.126. The lowest BCUT2D eigenvalue weighted by Gasteiger charge is -2.12. The summed E-state index contributed by atoms with van der Waals surface area (Å²) in [5, 5.41) is 8.32. The van der Waals surface area contributed by atoms with Crippen molar-refractivity contribution in [3.8, 4) is 17.3 Å². The van der Waals surface area contributed by atoms with Gasteiger partial charge in [0, 0.05) is 23.9 Å². The van der Waals surface area contributed by atoms with Crippen LogP contribution in [0.15, 0.2) is 65.0 Å². The molecule has 2 aromatic carbocycles. The van der Waals surface area contributed by atoms with Crippen molar-refractivity contribution in [3.63, 3.8) is 0 Å². The van der Waals surface area contributed by atoms with Crippen LogP contribution in [0.5, 0.6) is 11.6 Å². The SMILES string of the molecule is Cc1cc(=O)n(-c2ccc(F)c(F)c2)nc1C(=O)Nc1ccc(Oc2ncnc3ccsc23)c(F)c1. The summed E-state index contributed by atoms with van der Waals surface area (Å²) < 4.78 is 48.7. The van der Waals surface area contributed by atoms with E-state index in [-0.39, 0.29) is 34.3 Å². The molecule has 0 saturated carbocycles. The molecule has 0 aliphatic carbocycles. The molecule has 1 N–H and O–H groups in total. The number of hydrogen-bond acceptors (Lipinski definition) is 7. The molecule has 0 unspecified atom stereocenters. The molecule has 0 atom stereocenters. The van der Waals surface area contributed by atoms with Crippen molar-refractivity contribution < 1.29 is 22.7 Å². The van der Waals surface area contributed by atoms with Gasteiger partial charge in [0.2, 0.25) is 5.88 Å². The Morgan fingerprint density at radius 3 is 2.61 bits per heavy atom. The summed E-state index contributed by atoms with van der Waals surface area (Å²) in [6.07, 6.45) is 1.31. The van der Waals surface area contributed by atoms with Crippen LogP contribution in [0.1, 0.15) is 16.1 Å². The first-order valence-corrected chi connectivity index (χ1v) is 11.2. The largest absolute Gasteiger partial charge is 0.434 e. The van der Waals surface area contributed by atoms with Gasteiger partial charge >= 0.3 is 0 Å². The van der Waals surface area contributed by atoms with Gasteiger partial charge in [-0.3, -0.25) is 9.59 Å². The fourth-order valence-corrected chi connectivity index (χ4v) is 4.13. The van der Waals surface area contributed by atoms with Crippen LogP contribution in [-0.4, -0.2) is 25.7 Å². The highest BCUT2D eigenvalue weighted by Crippen LogP contribution is 2.32. The van der Waals surface area contributed by atoms with E-state index in [1.165, 1.54) is 36.7 Å². The molecular formula is C24H14F3N5O3S. The highest BCUT2D eigenvalue weighted by molar-refractivity contribution is 7.17. The summed E-state index contributed by atoms with van der Waals surface area (Å²) in [6, 6.07) is 9.51. The number of anilines is 1. The number of carbonyl (C=O) groups excluding carboxylic acids is 1. The number of aryl methyl sites for hydroxylation is 1. The van der Waals surface area contributed by atoms with Crippen LogP contribution in [0, 0.1) is 24.4 Å². The minimum absolute atomic E-state index is 0.0648. The van der Waals surface area contributed by atoms with Gasteiger partial charge in [0.15, 0.2) is 28.9 Å². The maximum Gasteiger partial charge on any atom is 0.276 e. The number of hydrogen-bond donors (Lipinski definition) is 1. The molecule has 8 nitrogen and oxygen atoms in total. The molecule has 36 heavy (non-hydrogen) atoms. The topological polar surface area (TPSA) is 99.0 Å². The normalized spacial score (nSPS) is 11.0. The third-order valence-electron chi connectivity index (χ3n) is 5.09. The number of amides is 1. The monoisotopic (exact) mass is 509 g/mol. The van der Waals surface area contributed by atoms with Crippen LogP contribution in [0.2, 0.25) is 0 Å². The molecule has 0 radical (unpaired) electrons. The van der Waals surface area contributed by atoms with Gasteiger partial charge in [0.1, 0.15) is 11.0 Å². The molecule has 0 spiro atoms. The first-order chi connectivity index (χ1) is 17.3. The first-order valence-electron chi connectivity index (χ1n) is 10.3. The van der Waals surface area contributed by atoms with Crippen molar-refractivity contribution in [2.45, 2.75) is 6.92 Å². The number of carbonyl (C=O) groups is 1. The predicted octanol–water partition coefficient (Wildman–Crippen LogP) is 5.01. The zero-order chi connectivity index (χ0) is 25.4. The molecule has 5 aromatic rings. The third kappa shape index (κ3) is 4.41. The second-order valence-corrected chi connectivity index (χ2v) is 8.46. The number of thiophene rings is 1. The number of ether oxygens (including phenoxy) is 1. The molecule has 0 bridgehead atoms. The van der Waals surface area contributed by atoms with E-state index in [0.717, 1.165) is 35.0 Å². The van der Waals surface area contributed by atoms with Crippen LogP contribution in [0.4, 0.5) is 18.9 Å². The van der Waals surface area contributed by atoms with Crippen molar-refractivity contribution in [1.29, 1.82) is 0 Å². The van der Waals surface area contributed by atoms with Gasteiger partial charge in [-0.25, -0.2) is 23.1 Å². The van der Waals surface area contributed by atoms with E-state index < -0.39 is 28.9 Å². The summed E-state index contributed by atoms with van der Waals surface area (Å²) in [6.45, 7) is 1.49. The van der Waals surface area contributed by atoms with E-state index in [2.05, 4.69) is 20.4 Å². The van der Waals surface area contributed by atoms with E-state index >= 15 is 0 Å². The predicted molar refractivity (Wildman–Crippen MR) is 126 cm³/mol. The average molecular weight is 509 g/mol. The zero-order valence-electron chi connectivity index (χ0n) is 18.3. The summed E-state index contributed by atoms with van der Waals surface area (Å²) in [5.74, 6) is -3.67. The van der Waals surface area contributed by atoms with Crippen molar-refractivity contribution in [2.75, 3.05) is 5.32 Å². The minimum Gasteiger partial charge on any atom is -0.434 e. The van der Waals surface area contributed by atoms with Crippen LogP contribution < -0.4 is 15.6 Å². The molecule has 3 heterocycles. The van der Waals surface area contributed by atoms with Gasteiger partial charge in [-0.1, -0.05) is 0 Å². The van der Waals surface area contributed by atoms with E-state index in [9.17, 15) is 22.8 Å². The number of nitrogens with zero attached hydrogens (tertiary/aromatic N) is 4. The number of nitrogens with one attached hydrogen (secondary N) is 1. The highest BCUT2D eigenvalue weighted by atomic mass is 32.1. The Hall–Kier alpha value is -4.58. The molecule has 180 valence electrons. The Labute approximate surface area is 204 Å². The summed E-state index contributed by atoms with van der Waals surface area (Å²) in [7, 11) is 0. The maximum atomic E-state index is 14.8. The van der Waals surface area contributed by atoms with Crippen LogP contribution in [0.25, 0.3) is 15.9 Å².